The SMILES string of the molecule is CC1CC(C)CN(S(=O)(=O)c2cccc(C(=O)OCC(=O)c3ccc(C4CCCCC4)cc3)c2)C1. The molecule has 1 heterocycles. The number of benzene rings is 2. The number of hydrogen-bond acceptors (Lipinski definition) is 5. The van der Waals surface area contributed by atoms with Crippen molar-refractivity contribution in [2.45, 2.75) is 63.2 Å². The average Bonchev–Trinajstić information content (AvgIpc) is 2.87. The molecule has 0 N–H and O–H groups in total. The van der Waals surface area contributed by atoms with Gasteiger partial charge in [0.25, 0.3) is 0 Å². The minimum atomic E-state index is -3.71. The van der Waals surface area contributed by atoms with Crippen LogP contribution in [-0.4, -0.2) is 44.2 Å². The molecule has 2 aromatic rings. The van der Waals surface area contributed by atoms with Crippen LogP contribution in [0.1, 0.15) is 84.6 Å². The van der Waals surface area contributed by atoms with Crippen molar-refractivity contribution in [2.24, 2.45) is 11.8 Å². The minimum Gasteiger partial charge on any atom is -0.454 e. The predicted molar refractivity (Wildman–Crippen MR) is 135 cm³/mol. The van der Waals surface area contributed by atoms with Gasteiger partial charge in [0.05, 0.1) is 10.5 Å². The van der Waals surface area contributed by atoms with Crippen molar-refractivity contribution in [2.75, 3.05) is 19.7 Å². The molecule has 2 fully saturated rings. The lowest BCUT2D eigenvalue weighted by molar-refractivity contribution is 0.0474. The third-order valence-corrected chi connectivity index (χ3v) is 9.01. The highest BCUT2D eigenvalue weighted by molar-refractivity contribution is 7.89. The van der Waals surface area contributed by atoms with E-state index in [1.807, 2.05) is 26.0 Å². The number of nitrogens with zero attached hydrogens (tertiary/aromatic N) is 1. The van der Waals surface area contributed by atoms with Gasteiger partial charge in [-0.25, -0.2) is 13.2 Å². The molecule has 0 radical (unpaired) electrons. The molecule has 0 aromatic heterocycles. The number of esters is 1. The molecule has 1 saturated heterocycles. The van der Waals surface area contributed by atoms with E-state index in [2.05, 4.69) is 0 Å². The molecule has 2 aromatic carbocycles. The van der Waals surface area contributed by atoms with Crippen LogP contribution in [-0.2, 0) is 14.8 Å². The van der Waals surface area contributed by atoms with E-state index >= 15 is 0 Å². The molecule has 1 aliphatic heterocycles. The fourth-order valence-corrected chi connectivity index (χ4v) is 7.14. The summed E-state index contributed by atoms with van der Waals surface area (Å²) in [6.07, 6.45) is 7.17. The molecule has 1 saturated carbocycles. The molecule has 188 valence electrons. The van der Waals surface area contributed by atoms with E-state index in [-0.39, 0.29) is 34.7 Å². The van der Waals surface area contributed by atoms with Crippen molar-refractivity contribution in [1.82, 2.24) is 4.31 Å². The van der Waals surface area contributed by atoms with E-state index in [1.165, 1.54) is 66.2 Å². The van der Waals surface area contributed by atoms with Crippen LogP contribution in [0.4, 0.5) is 0 Å². The maximum absolute atomic E-state index is 13.2. The molecular weight excluding hydrogens is 462 g/mol. The van der Waals surface area contributed by atoms with Crippen LogP contribution >= 0.6 is 0 Å². The summed E-state index contributed by atoms with van der Waals surface area (Å²) in [6, 6.07) is 13.5. The number of hydrogen-bond donors (Lipinski definition) is 0. The Morgan fingerprint density at radius 3 is 2.23 bits per heavy atom. The Hall–Kier alpha value is -2.51. The van der Waals surface area contributed by atoms with Crippen LogP contribution < -0.4 is 0 Å². The summed E-state index contributed by atoms with van der Waals surface area (Å²) in [5.41, 5.74) is 1.88. The van der Waals surface area contributed by atoms with E-state index in [1.54, 1.807) is 12.1 Å². The Morgan fingerprint density at radius 2 is 1.57 bits per heavy atom. The normalized spacial score (nSPS) is 22.0. The first-order valence-corrected chi connectivity index (χ1v) is 14.1. The first-order valence-electron chi connectivity index (χ1n) is 12.6. The van der Waals surface area contributed by atoms with E-state index in [9.17, 15) is 18.0 Å². The Kier molecular flexibility index (Phi) is 8.07. The zero-order valence-corrected chi connectivity index (χ0v) is 21.4. The summed E-state index contributed by atoms with van der Waals surface area (Å²) < 4.78 is 33.1. The van der Waals surface area contributed by atoms with Crippen LogP contribution in [0.25, 0.3) is 0 Å². The number of rotatable bonds is 7. The third kappa shape index (κ3) is 6.19. The van der Waals surface area contributed by atoms with Gasteiger partial charge in [-0.05, 0) is 60.8 Å². The second-order valence-corrected chi connectivity index (χ2v) is 12.2. The molecule has 4 rings (SSSR count). The Labute approximate surface area is 208 Å². The van der Waals surface area contributed by atoms with Gasteiger partial charge in [-0.3, -0.25) is 4.79 Å². The van der Waals surface area contributed by atoms with Gasteiger partial charge < -0.3 is 4.74 Å². The Balaban J connectivity index is 1.38. The van der Waals surface area contributed by atoms with Gasteiger partial charge in [0.2, 0.25) is 10.0 Å². The van der Waals surface area contributed by atoms with Crippen LogP contribution in [0.15, 0.2) is 53.4 Å². The van der Waals surface area contributed by atoms with E-state index in [4.69, 9.17) is 4.74 Å². The molecule has 2 unspecified atom stereocenters. The van der Waals surface area contributed by atoms with Crippen molar-refractivity contribution in [3.63, 3.8) is 0 Å². The fraction of sp³-hybridized carbons (Fsp3) is 0.500. The summed E-state index contributed by atoms with van der Waals surface area (Å²) in [5, 5.41) is 0. The maximum atomic E-state index is 13.2. The summed E-state index contributed by atoms with van der Waals surface area (Å²) >= 11 is 0. The highest BCUT2D eigenvalue weighted by Gasteiger charge is 2.32. The fourth-order valence-electron chi connectivity index (χ4n) is 5.41. The molecule has 0 spiro atoms. The lowest BCUT2D eigenvalue weighted by atomic mass is 9.84. The lowest BCUT2D eigenvalue weighted by Crippen LogP contribution is -2.42. The molecule has 7 heteroatoms. The number of ketones is 1. The zero-order valence-electron chi connectivity index (χ0n) is 20.6. The summed E-state index contributed by atoms with van der Waals surface area (Å²) in [4.78, 5) is 25.3. The van der Waals surface area contributed by atoms with E-state index in [0.29, 0.717) is 24.6 Å². The number of piperidine rings is 1. The monoisotopic (exact) mass is 497 g/mol. The molecule has 0 amide bonds. The topological polar surface area (TPSA) is 80.8 Å². The van der Waals surface area contributed by atoms with Crippen LogP contribution in [0, 0.1) is 11.8 Å². The summed E-state index contributed by atoms with van der Waals surface area (Å²) in [5.74, 6) is 0.127. The zero-order chi connectivity index (χ0) is 25.0. The Bertz CT molecular complexity index is 1140. The van der Waals surface area contributed by atoms with Crippen molar-refractivity contribution in [3.05, 3.63) is 65.2 Å². The summed E-state index contributed by atoms with van der Waals surface area (Å²) in [6.45, 7) is 4.64. The van der Waals surface area contributed by atoms with Gasteiger partial charge in [-0.2, -0.15) is 4.31 Å². The molecular formula is C28H35NO5S. The van der Waals surface area contributed by atoms with Crippen LogP contribution in [0.3, 0.4) is 0 Å². The third-order valence-electron chi connectivity index (χ3n) is 7.19. The van der Waals surface area contributed by atoms with Crippen molar-refractivity contribution in [3.8, 4) is 0 Å². The van der Waals surface area contributed by atoms with Gasteiger partial charge in [0, 0.05) is 18.7 Å². The second kappa shape index (κ2) is 11.0. The lowest BCUT2D eigenvalue weighted by Gasteiger charge is -2.34. The molecule has 0 bridgehead atoms. The van der Waals surface area contributed by atoms with Crippen LogP contribution in [0.2, 0.25) is 0 Å². The quantitative estimate of drug-likeness (QED) is 0.376. The molecule has 2 aliphatic rings. The number of ether oxygens (including phenoxy) is 1. The number of sulfonamides is 1. The largest absolute Gasteiger partial charge is 0.454 e. The highest BCUT2D eigenvalue weighted by atomic mass is 32.2. The maximum Gasteiger partial charge on any atom is 0.338 e. The molecule has 6 nitrogen and oxygen atoms in total. The van der Waals surface area contributed by atoms with Crippen molar-refractivity contribution < 1.29 is 22.7 Å². The minimum absolute atomic E-state index is 0.0675. The van der Waals surface area contributed by atoms with E-state index < -0.39 is 16.0 Å². The van der Waals surface area contributed by atoms with Gasteiger partial charge in [0.1, 0.15) is 0 Å². The number of Topliss-reactive ketones (excluding diaryl/α,β-unsaturated/α-hetero) is 1. The highest BCUT2D eigenvalue weighted by Crippen LogP contribution is 2.32. The first-order chi connectivity index (χ1) is 16.7. The van der Waals surface area contributed by atoms with E-state index in [0.717, 1.165) is 6.42 Å². The van der Waals surface area contributed by atoms with Crippen molar-refractivity contribution in [1.29, 1.82) is 0 Å². The number of carbonyl (C=O) groups excluding carboxylic acids is 2. The number of carbonyl (C=O) groups is 2. The Morgan fingerprint density at radius 1 is 0.914 bits per heavy atom. The standard InChI is InChI=1S/C28H35NO5S/c1-20-15-21(2)18-29(17-20)35(32,33)26-10-6-9-25(16-26)28(31)34-19-27(30)24-13-11-23(12-14-24)22-7-4-3-5-8-22/h6,9-14,16,20-22H,3-5,7-8,15,17-19H2,1-2H3. The van der Waals surface area contributed by atoms with Gasteiger partial charge >= 0.3 is 5.97 Å². The average molecular weight is 498 g/mol. The summed E-state index contributed by atoms with van der Waals surface area (Å²) in [7, 11) is -3.71. The van der Waals surface area contributed by atoms with Gasteiger partial charge in [0.15, 0.2) is 12.4 Å². The molecule has 1 aliphatic carbocycles. The first kappa shape index (κ1) is 25.6. The molecule has 2 atom stereocenters. The van der Waals surface area contributed by atoms with Gasteiger partial charge in [-0.1, -0.05) is 63.4 Å². The molecule has 35 heavy (non-hydrogen) atoms. The van der Waals surface area contributed by atoms with Gasteiger partial charge in [-0.15, -0.1) is 0 Å². The van der Waals surface area contributed by atoms with Crippen molar-refractivity contribution >= 4 is 21.8 Å². The second-order valence-electron chi connectivity index (χ2n) is 10.3. The smallest absolute Gasteiger partial charge is 0.338 e. The van der Waals surface area contributed by atoms with Crippen LogP contribution in [0.5, 0.6) is 0 Å². The predicted octanol–water partition coefficient (Wildman–Crippen LogP) is 5.44.